The molecule has 1 aromatic rings. The molecule has 0 bridgehead atoms. The lowest BCUT2D eigenvalue weighted by Crippen LogP contribution is -2.37. The number of sulfonamides is 1. The normalized spacial score (nSPS) is 15.0. The molecule has 0 amide bonds. The molecule has 0 saturated carbocycles. The first-order valence-corrected chi connectivity index (χ1v) is 8.40. The highest BCUT2D eigenvalue weighted by atomic mass is 32.2. The van der Waals surface area contributed by atoms with Crippen LogP contribution in [0.25, 0.3) is 0 Å². The van der Waals surface area contributed by atoms with Gasteiger partial charge >= 0.3 is 0 Å². The summed E-state index contributed by atoms with van der Waals surface area (Å²) < 4.78 is 26.9. The molecule has 0 atom stereocenters. The fourth-order valence-electron chi connectivity index (χ4n) is 2.45. The number of nitrogens with one attached hydrogen (secondary N) is 1. The molecule has 0 saturated heterocycles. The Labute approximate surface area is 121 Å². The van der Waals surface area contributed by atoms with Crippen molar-refractivity contribution in [3.63, 3.8) is 0 Å². The van der Waals surface area contributed by atoms with Gasteiger partial charge in [-0.2, -0.15) is 4.31 Å². The third kappa shape index (κ3) is 2.88. The van der Waals surface area contributed by atoms with Crippen LogP contribution in [0.4, 0.5) is 5.69 Å². The van der Waals surface area contributed by atoms with Crippen molar-refractivity contribution < 1.29 is 8.42 Å². The molecular weight excluding hydrogens is 272 g/mol. The van der Waals surface area contributed by atoms with Crippen LogP contribution in [0, 0.1) is 0 Å². The summed E-state index contributed by atoms with van der Waals surface area (Å²) in [6.45, 7) is 8.61. The van der Waals surface area contributed by atoms with Crippen LogP contribution >= 0.6 is 0 Å². The molecular formula is C15H22N2O2S. The Bertz CT molecular complexity index is 594. The Hall–Kier alpha value is -1.33. The Morgan fingerprint density at radius 3 is 2.85 bits per heavy atom. The van der Waals surface area contributed by atoms with Crippen molar-refractivity contribution in [2.24, 2.45) is 0 Å². The maximum absolute atomic E-state index is 12.7. The summed E-state index contributed by atoms with van der Waals surface area (Å²) in [5.41, 5.74) is 2.13. The van der Waals surface area contributed by atoms with Crippen LogP contribution in [0.1, 0.15) is 25.8 Å². The quantitative estimate of drug-likeness (QED) is 0.849. The summed E-state index contributed by atoms with van der Waals surface area (Å²) in [6.07, 6.45) is 3.71. The first-order valence-electron chi connectivity index (χ1n) is 6.96. The molecule has 1 aliphatic heterocycles. The molecule has 0 unspecified atom stereocenters. The Balaban J connectivity index is 2.40. The molecule has 110 valence electrons. The van der Waals surface area contributed by atoms with E-state index in [2.05, 4.69) is 11.9 Å². The standard InChI is InChI=1S/C15H22N2O2S/c1-4-10-17(12(2)3)20(18,19)14-8-7-13-6-5-9-16-15(13)11-14/h4,7-8,11-12,16H,1,5-6,9-10H2,2-3H3. The monoisotopic (exact) mass is 294 g/mol. The lowest BCUT2D eigenvalue weighted by Gasteiger charge is -2.26. The molecule has 1 heterocycles. The number of benzene rings is 1. The van der Waals surface area contributed by atoms with E-state index in [0.29, 0.717) is 11.4 Å². The number of nitrogens with zero attached hydrogens (tertiary/aromatic N) is 1. The molecule has 1 N–H and O–H groups in total. The molecule has 1 aliphatic rings. The second-order valence-electron chi connectivity index (χ2n) is 5.31. The van der Waals surface area contributed by atoms with Gasteiger partial charge < -0.3 is 5.32 Å². The summed E-state index contributed by atoms with van der Waals surface area (Å²) in [7, 11) is -3.47. The Kier molecular flexibility index (Phi) is 4.50. The van der Waals surface area contributed by atoms with Crippen LogP contribution in [0.2, 0.25) is 0 Å². The molecule has 4 nitrogen and oxygen atoms in total. The van der Waals surface area contributed by atoms with Crippen molar-refractivity contribution in [3.05, 3.63) is 36.4 Å². The number of aryl methyl sites for hydroxylation is 1. The molecule has 0 radical (unpaired) electrons. The van der Waals surface area contributed by atoms with Gasteiger partial charge in [-0.3, -0.25) is 0 Å². The van der Waals surface area contributed by atoms with Gasteiger partial charge in [-0.1, -0.05) is 12.1 Å². The molecule has 20 heavy (non-hydrogen) atoms. The van der Waals surface area contributed by atoms with Gasteiger partial charge in [-0.05, 0) is 44.4 Å². The smallest absolute Gasteiger partial charge is 0.243 e. The first-order chi connectivity index (χ1) is 9.46. The minimum atomic E-state index is -3.47. The summed E-state index contributed by atoms with van der Waals surface area (Å²) in [5.74, 6) is 0. The predicted molar refractivity (Wildman–Crippen MR) is 82.5 cm³/mol. The third-order valence-electron chi connectivity index (χ3n) is 3.51. The van der Waals surface area contributed by atoms with Gasteiger partial charge in [0.2, 0.25) is 10.0 Å². The van der Waals surface area contributed by atoms with E-state index in [-0.39, 0.29) is 6.04 Å². The average molecular weight is 294 g/mol. The zero-order chi connectivity index (χ0) is 14.8. The molecule has 0 spiro atoms. The molecule has 5 heteroatoms. The van der Waals surface area contributed by atoms with E-state index in [9.17, 15) is 8.42 Å². The van der Waals surface area contributed by atoms with Crippen molar-refractivity contribution in [1.29, 1.82) is 0 Å². The molecule has 0 aliphatic carbocycles. The maximum atomic E-state index is 12.7. The molecule has 2 rings (SSSR count). The second-order valence-corrected chi connectivity index (χ2v) is 7.20. The molecule has 0 fully saturated rings. The zero-order valence-corrected chi connectivity index (χ0v) is 12.9. The van der Waals surface area contributed by atoms with Gasteiger partial charge in [-0.15, -0.1) is 6.58 Å². The van der Waals surface area contributed by atoms with Gasteiger partial charge in [0.1, 0.15) is 0 Å². The Morgan fingerprint density at radius 2 is 2.20 bits per heavy atom. The van der Waals surface area contributed by atoms with E-state index in [0.717, 1.165) is 25.1 Å². The maximum Gasteiger partial charge on any atom is 0.243 e. The minimum absolute atomic E-state index is 0.0954. The zero-order valence-electron chi connectivity index (χ0n) is 12.1. The number of rotatable bonds is 5. The van der Waals surface area contributed by atoms with Gasteiger partial charge in [0.25, 0.3) is 0 Å². The van der Waals surface area contributed by atoms with Gasteiger partial charge in [-0.25, -0.2) is 8.42 Å². The van der Waals surface area contributed by atoms with Crippen molar-refractivity contribution in [3.8, 4) is 0 Å². The van der Waals surface area contributed by atoms with Gasteiger partial charge in [0.15, 0.2) is 0 Å². The van der Waals surface area contributed by atoms with Crippen LogP contribution in [-0.2, 0) is 16.4 Å². The van der Waals surface area contributed by atoms with Crippen LogP contribution in [0.5, 0.6) is 0 Å². The van der Waals surface area contributed by atoms with E-state index < -0.39 is 10.0 Å². The topological polar surface area (TPSA) is 49.4 Å². The van der Waals surface area contributed by atoms with E-state index in [4.69, 9.17) is 0 Å². The lowest BCUT2D eigenvalue weighted by molar-refractivity contribution is 0.383. The third-order valence-corrected chi connectivity index (χ3v) is 5.55. The number of hydrogen-bond donors (Lipinski definition) is 1. The largest absolute Gasteiger partial charge is 0.385 e. The highest BCUT2D eigenvalue weighted by Gasteiger charge is 2.26. The highest BCUT2D eigenvalue weighted by Crippen LogP contribution is 2.27. The highest BCUT2D eigenvalue weighted by molar-refractivity contribution is 7.89. The summed E-state index contributed by atoms with van der Waals surface area (Å²) in [4.78, 5) is 0.348. The number of hydrogen-bond acceptors (Lipinski definition) is 3. The molecule has 1 aromatic carbocycles. The summed E-state index contributed by atoms with van der Waals surface area (Å²) in [6, 6.07) is 5.28. The van der Waals surface area contributed by atoms with Crippen LogP contribution < -0.4 is 5.32 Å². The van der Waals surface area contributed by atoms with Crippen molar-refractivity contribution in [2.75, 3.05) is 18.4 Å². The van der Waals surface area contributed by atoms with E-state index in [1.54, 1.807) is 18.2 Å². The van der Waals surface area contributed by atoms with Crippen molar-refractivity contribution >= 4 is 15.7 Å². The summed E-state index contributed by atoms with van der Waals surface area (Å²) in [5, 5.41) is 3.27. The van der Waals surface area contributed by atoms with Crippen LogP contribution in [0.15, 0.2) is 35.7 Å². The fraction of sp³-hybridized carbons (Fsp3) is 0.467. The fourth-order valence-corrected chi connectivity index (χ4v) is 4.08. The summed E-state index contributed by atoms with van der Waals surface area (Å²) >= 11 is 0. The lowest BCUT2D eigenvalue weighted by atomic mass is 10.0. The second kappa shape index (κ2) is 5.97. The predicted octanol–water partition coefficient (Wildman–Crippen LogP) is 2.63. The number of anilines is 1. The SMILES string of the molecule is C=CCN(C(C)C)S(=O)(=O)c1ccc2c(c1)NCCC2. The average Bonchev–Trinajstić information content (AvgIpc) is 2.43. The van der Waals surface area contributed by atoms with E-state index in [1.165, 1.54) is 9.87 Å². The van der Waals surface area contributed by atoms with Crippen molar-refractivity contribution in [2.45, 2.75) is 37.6 Å². The Morgan fingerprint density at radius 1 is 1.45 bits per heavy atom. The van der Waals surface area contributed by atoms with Crippen molar-refractivity contribution in [1.82, 2.24) is 4.31 Å². The van der Waals surface area contributed by atoms with Crippen LogP contribution in [0.3, 0.4) is 0 Å². The van der Waals surface area contributed by atoms with Crippen LogP contribution in [-0.4, -0.2) is 31.9 Å². The first kappa shape index (κ1) is 15.1. The van der Waals surface area contributed by atoms with Gasteiger partial charge in [0, 0.05) is 24.8 Å². The van der Waals surface area contributed by atoms with E-state index >= 15 is 0 Å². The molecule has 0 aromatic heterocycles. The van der Waals surface area contributed by atoms with Gasteiger partial charge in [0.05, 0.1) is 4.90 Å². The minimum Gasteiger partial charge on any atom is -0.385 e. The van der Waals surface area contributed by atoms with E-state index in [1.807, 2.05) is 19.9 Å². The number of fused-ring (bicyclic) bond motifs is 1.